The van der Waals surface area contributed by atoms with Gasteiger partial charge in [-0.05, 0) is 32.6 Å². The van der Waals surface area contributed by atoms with Crippen molar-refractivity contribution in [2.45, 2.75) is 64.3 Å². The molecule has 1 aliphatic heterocycles. The lowest BCUT2D eigenvalue weighted by Crippen LogP contribution is -2.58. The molecule has 0 amide bonds. The van der Waals surface area contributed by atoms with Crippen LogP contribution in [0, 0.1) is 34.5 Å². The number of rotatable bonds is 5. The van der Waals surface area contributed by atoms with Crippen LogP contribution in [0.5, 0.6) is 0 Å². The maximum atomic E-state index is 12.8. The maximum absolute atomic E-state index is 12.8. The average Bonchev–Trinajstić information content (AvgIpc) is 3.22. The van der Waals surface area contributed by atoms with E-state index in [0.717, 1.165) is 0 Å². The molecule has 0 aromatic heterocycles. The van der Waals surface area contributed by atoms with Crippen molar-refractivity contribution in [3.63, 3.8) is 0 Å². The van der Waals surface area contributed by atoms with Gasteiger partial charge in [0.15, 0.2) is 0 Å². The quantitative estimate of drug-likeness (QED) is 0.358. The van der Waals surface area contributed by atoms with Crippen LogP contribution < -0.4 is 0 Å². The van der Waals surface area contributed by atoms with Crippen LogP contribution in [0.1, 0.15) is 33.6 Å². The summed E-state index contributed by atoms with van der Waals surface area (Å²) in [7, 11) is 0. The normalized spacial score (nSPS) is 38.2. The highest BCUT2D eigenvalue weighted by atomic mass is 19.4. The van der Waals surface area contributed by atoms with Gasteiger partial charge in [-0.2, -0.15) is 26.3 Å². The molecular formula is C19H20F6O6. The van der Waals surface area contributed by atoms with Crippen molar-refractivity contribution in [1.29, 1.82) is 0 Å². The van der Waals surface area contributed by atoms with Crippen LogP contribution in [-0.4, -0.2) is 48.6 Å². The molecule has 3 aliphatic carbocycles. The SMILES string of the molecule is CCC(C)(C)C(=O)OC1C2OC(=O)C3C(C(=O)OC(C(F)(F)F)C(F)(F)F)C4CC41C23. The predicted molar refractivity (Wildman–Crippen MR) is 86.8 cm³/mol. The Bertz CT molecular complexity index is 821. The van der Waals surface area contributed by atoms with Crippen LogP contribution in [0.2, 0.25) is 0 Å². The van der Waals surface area contributed by atoms with Crippen molar-refractivity contribution in [1.82, 2.24) is 0 Å². The summed E-state index contributed by atoms with van der Waals surface area (Å²) in [5.74, 6) is -7.20. The fourth-order valence-corrected chi connectivity index (χ4v) is 5.44. The van der Waals surface area contributed by atoms with Gasteiger partial charge in [0.2, 0.25) is 0 Å². The van der Waals surface area contributed by atoms with Gasteiger partial charge in [-0.1, -0.05) is 6.92 Å². The van der Waals surface area contributed by atoms with Crippen LogP contribution in [0.15, 0.2) is 0 Å². The minimum Gasteiger partial charge on any atom is -0.458 e. The Hall–Kier alpha value is -2.01. The maximum Gasteiger partial charge on any atom is 0.434 e. The zero-order valence-corrected chi connectivity index (χ0v) is 16.7. The summed E-state index contributed by atoms with van der Waals surface area (Å²) in [6.07, 6.45) is -17.0. The Morgan fingerprint density at radius 2 is 1.74 bits per heavy atom. The summed E-state index contributed by atoms with van der Waals surface area (Å²) in [6, 6.07) is 0. The Kier molecular flexibility index (Phi) is 4.49. The molecule has 0 aromatic carbocycles. The van der Waals surface area contributed by atoms with E-state index in [0.29, 0.717) is 6.42 Å². The standard InChI is InChI=1S/C19H20F6O6/c1-4-16(2,3)15(28)30-11-10-9-8(13(27)29-10)7(6-5-17(6,9)11)12(26)31-14(18(20,21)22)19(23,24)25/h6-11,14H,4-5H2,1-3H3. The van der Waals surface area contributed by atoms with E-state index in [-0.39, 0.29) is 6.42 Å². The number of carbonyl (C=O) groups is 3. The number of esters is 3. The second kappa shape index (κ2) is 6.28. The average molecular weight is 458 g/mol. The van der Waals surface area contributed by atoms with Crippen LogP contribution in [0.25, 0.3) is 0 Å². The summed E-state index contributed by atoms with van der Waals surface area (Å²) in [5.41, 5.74) is -1.69. The van der Waals surface area contributed by atoms with Gasteiger partial charge in [0.1, 0.15) is 12.2 Å². The molecule has 4 fully saturated rings. The third-order valence-electron chi connectivity index (χ3n) is 7.41. The zero-order valence-electron chi connectivity index (χ0n) is 16.7. The first-order chi connectivity index (χ1) is 14.1. The number of ether oxygens (including phenoxy) is 3. The largest absolute Gasteiger partial charge is 0.458 e. The molecule has 174 valence electrons. The molecule has 0 aromatic rings. The Morgan fingerprint density at radius 1 is 1.16 bits per heavy atom. The minimum atomic E-state index is -5.85. The molecule has 7 atom stereocenters. The highest BCUT2D eigenvalue weighted by molar-refractivity contribution is 5.88. The fourth-order valence-electron chi connectivity index (χ4n) is 5.44. The molecule has 6 nitrogen and oxygen atoms in total. The molecule has 12 heteroatoms. The van der Waals surface area contributed by atoms with E-state index in [4.69, 9.17) is 9.47 Å². The molecule has 0 radical (unpaired) electrons. The number of hydrogen-bond donors (Lipinski definition) is 0. The van der Waals surface area contributed by atoms with Crippen molar-refractivity contribution in [2.24, 2.45) is 34.5 Å². The van der Waals surface area contributed by atoms with Crippen molar-refractivity contribution in [2.75, 3.05) is 0 Å². The molecule has 7 unspecified atom stereocenters. The van der Waals surface area contributed by atoms with Gasteiger partial charge in [0.25, 0.3) is 6.10 Å². The Morgan fingerprint density at radius 3 is 2.26 bits per heavy atom. The first-order valence-electron chi connectivity index (χ1n) is 9.83. The third-order valence-corrected chi connectivity index (χ3v) is 7.41. The molecule has 1 heterocycles. The zero-order chi connectivity index (χ0) is 23.3. The van der Waals surface area contributed by atoms with Crippen LogP contribution in [-0.2, 0) is 28.6 Å². The summed E-state index contributed by atoms with van der Waals surface area (Å²) in [5, 5.41) is 0. The second-order valence-corrected chi connectivity index (χ2v) is 9.37. The van der Waals surface area contributed by atoms with Crippen molar-refractivity contribution < 1.29 is 54.9 Å². The van der Waals surface area contributed by atoms with Gasteiger partial charge in [-0.15, -0.1) is 0 Å². The van der Waals surface area contributed by atoms with E-state index >= 15 is 0 Å². The number of carbonyl (C=O) groups excluding carboxylic acids is 3. The van der Waals surface area contributed by atoms with E-state index in [1.54, 1.807) is 20.8 Å². The topological polar surface area (TPSA) is 78.9 Å². The number of hydrogen-bond acceptors (Lipinski definition) is 6. The molecule has 1 saturated heterocycles. The van der Waals surface area contributed by atoms with Crippen LogP contribution in [0.4, 0.5) is 26.3 Å². The Balaban J connectivity index is 1.56. The highest BCUT2D eigenvalue weighted by Gasteiger charge is 2.90. The Labute approximate surface area is 172 Å². The number of alkyl halides is 6. The summed E-state index contributed by atoms with van der Waals surface area (Å²) in [4.78, 5) is 37.2. The molecular weight excluding hydrogens is 438 g/mol. The summed E-state index contributed by atoms with van der Waals surface area (Å²) in [6.45, 7) is 5.08. The van der Waals surface area contributed by atoms with Gasteiger partial charge < -0.3 is 14.2 Å². The van der Waals surface area contributed by atoms with Gasteiger partial charge in [0.05, 0.1) is 17.3 Å². The van der Waals surface area contributed by atoms with E-state index in [9.17, 15) is 40.7 Å². The molecule has 0 bridgehead atoms. The van der Waals surface area contributed by atoms with Gasteiger partial charge in [-0.25, -0.2) is 0 Å². The molecule has 4 rings (SSSR count). The second-order valence-electron chi connectivity index (χ2n) is 9.37. The lowest BCUT2D eigenvalue weighted by molar-refractivity contribution is -0.314. The van der Waals surface area contributed by atoms with Gasteiger partial charge in [0, 0.05) is 11.3 Å². The van der Waals surface area contributed by atoms with Crippen molar-refractivity contribution >= 4 is 17.9 Å². The summed E-state index contributed by atoms with van der Waals surface area (Å²) < 4.78 is 91.5. The molecule has 1 spiro atoms. The molecule has 3 saturated carbocycles. The summed E-state index contributed by atoms with van der Waals surface area (Å²) >= 11 is 0. The van der Waals surface area contributed by atoms with E-state index < -0.39 is 83.1 Å². The van der Waals surface area contributed by atoms with Crippen LogP contribution >= 0.6 is 0 Å². The molecule has 31 heavy (non-hydrogen) atoms. The number of halogens is 6. The highest BCUT2D eigenvalue weighted by Crippen LogP contribution is 2.82. The van der Waals surface area contributed by atoms with E-state index in [2.05, 4.69) is 4.74 Å². The van der Waals surface area contributed by atoms with Crippen molar-refractivity contribution in [3.8, 4) is 0 Å². The smallest absolute Gasteiger partial charge is 0.434 e. The lowest BCUT2D eigenvalue weighted by Gasteiger charge is -2.46. The molecule has 4 aliphatic rings. The van der Waals surface area contributed by atoms with Gasteiger partial charge in [-0.3, -0.25) is 14.4 Å². The molecule has 0 N–H and O–H groups in total. The fraction of sp³-hybridized carbons (Fsp3) is 0.842. The third kappa shape index (κ3) is 2.95. The van der Waals surface area contributed by atoms with E-state index in [1.165, 1.54) is 0 Å². The monoisotopic (exact) mass is 458 g/mol. The minimum absolute atomic E-state index is 0.230. The van der Waals surface area contributed by atoms with Crippen molar-refractivity contribution in [3.05, 3.63) is 0 Å². The lowest BCUT2D eigenvalue weighted by atomic mass is 9.63. The first-order valence-corrected chi connectivity index (χ1v) is 9.83. The predicted octanol–water partition coefficient (Wildman–Crippen LogP) is 3.18. The van der Waals surface area contributed by atoms with Gasteiger partial charge >= 0.3 is 30.3 Å². The van der Waals surface area contributed by atoms with E-state index in [1.807, 2.05) is 0 Å². The first kappa shape index (κ1) is 22.2. The van der Waals surface area contributed by atoms with Crippen LogP contribution in [0.3, 0.4) is 0 Å².